The van der Waals surface area contributed by atoms with Crippen LogP contribution in [0.3, 0.4) is 0 Å². The molecule has 1 fully saturated rings. The highest BCUT2D eigenvalue weighted by Crippen LogP contribution is 2.37. The first-order valence-corrected chi connectivity index (χ1v) is 11.2. The molecule has 31 heavy (non-hydrogen) atoms. The minimum Gasteiger partial charge on any atom is -0.454 e. The summed E-state index contributed by atoms with van der Waals surface area (Å²) in [5, 5.41) is 4.68. The Bertz CT molecular complexity index is 1060. The van der Waals surface area contributed by atoms with Crippen molar-refractivity contribution in [2.45, 2.75) is 23.4 Å². The van der Waals surface area contributed by atoms with Crippen LogP contribution in [0.5, 0.6) is 11.5 Å². The zero-order valence-electron chi connectivity index (χ0n) is 16.9. The van der Waals surface area contributed by atoms with Gasteiger partial charge in [-0.05, 0) is 48.6 Å². The lowest BCUT2D eigenvalue weighted by atomic mass is 10.0. The van der Waals surface area contributed by atoms with E-state index < -0.39 is 0 Å². The third-order valence-corrected chi connectivity index (χ3v) is 6.27. The van der Waals surface area contributed by atoms with E-state index in [2.05, 4.69) is 10.7 Å². The number of thioether (sulfide) groups is 1. The first kappa shape index (κ1) is 19.8. The number of hydrogen-bond acceptors (Lipinski definition) is 7. The van der Waals surface area contributed by atoms with Gasteiger partial charge in [0, 0.05) is 23.0 Å². The molecule has 8 nitrogen and oxygen atoms in total. The highest BCUT2D eigenvalue weighted by molar-refractivity contribution is 7.98. The number of carbonyl (C=O) groups is 2. The molecule has 2 amide bonds. The molecule has 9 heteroatoms. The van der Waals surface area contributed by atoms with Gasteiger partial charge in [0.1, 0.15) is 12.6 Å². The van der Waals surface area contributed by atoms with Crippen LogP contribution < -0.4 is 20.2 Å². The summed E-state index contributed by atoms with van der Waals surface area (Å²) in [4.78, 5) is 28.1. The molecule has 0 radical (unpaired) electrons. The van der Waals surface area contributed by atoms with Gasteiger partial charge in [-0.3, -0.25) is 9.59 Å². The topological polar surface area (TPSA) is 83.1 Å². The lowest BCUT2D eigenvalue weighted by molar-refractivity contribution is -0.137. The van der Waals surface area contributed by atoms with Crippen LogP contribution in [0.2, 0.25) is 0 Å². The molecule has 0 spiro atoms. The van der Waals surface area contributed by atoms with Gasteiger partial charge < -0.3 is 24.7 Å². The van der Waals surface area contributed by atoms with Crippen molar-refractivity contribution in [3.63, 3.8) is 0 Å². The van der Waals surface area contributed by atoms with Gasteiger partial charge in [-0.2, -0.15) is 0 Å². The third kappa shape index (κ3) is 3.94. The van der Waals surface area contributed by atoms with E-state index in [9.17, 15) is 9.59 Å². The fraction of sp³-hybridized carbons (Fsp3) is 0.273. The summed E-state index contributed by atoms with van der Waals surface area (Å²) < 4.78 is 10.8. The summed E-state index contributed by atoms with van der Waals surface area (Å²) >= 11 is 1.61. The van der Waals surface area contributed by atoms with Crippen LogP contribution in [0.1, 0.15) is 18.0 Å². The fourth-order valence-corrected chi connectivity index (χ4v) is 4.43. The predicted molar refractivity (Wildman–Crippen MR) is 116 cm³/mol. The van der Waals surface area contributed by atoms with Gasteiger partial charge in [0.2, 0.25) is 12.7 Å². The number of hydrazine groups is 1. The molecule has 0 bridgehead atoms. The van der Waals surface area contributed by atoms with Crippen LogP contribution in [0.4, 0.5) is 5.69 Å². The van der Waals surface area contributed by atoms with Crippen molar-refractivity contribution in [2.75, 3.05) is 24.9 Å². The summed E-state index contributed by atoms with van der Waals surface area (Å²) in [6.45, 7) is 0.198. The molecule has 2 unspecified atom stereocenters. The van der Waals surface area contributed by atoms with Crippen molar-refractivity contribution in [1.29, 1.82) is 0 Å². The molecule has 3 aliphatic rings. The summed E-state index contributed by atoms with van der Waals surface area (Å²) in [5.74, 6) is 1.11. The van der Waals surface area contributed by atoms with E-state index in [4.69, 9.17) is 9.47 Å². The van der Waals surface area contributed by atoms with Crippen molar-refractivity contribution in [3.05, 3.63) is 60.4 Å². The van der Waals surface area contributed by atoms with Crippen LogP contribution in [-0.2, 0) is 9.59 Å². The quantitative estimate of drug-likeness (QED) is 0.695. The van der Waals surface area contributed by atoms with Gasteiger partial charge >= 0.3 is 0 Å². The number of amides is 2. The second-order valence-electron chi connectivity index (χ2n) is 7.50. The second kappa shape index (κ2) is 8.16. The molecule has 2 aromatic carbocycles. The van der Waals surface area contributed by atoms with Crippen LogP contribution in [-0.4, -0.2) is 47.4 Å². The van der Waals surface area contributed by atoms with E-state index in [0.29, 0.717) is 6.42 Å². The zero-order valence-corrected chi connectivity index (χ0v) is 17.7. The Labute approximate surface area is 184 Å². The van der Waals surface area contributed by atoms with E-state index in [1.165, 1.54) is 4.90 Å². The molecule has 3 heterocycles. The fourth-order valence-electron chi connectivity index (χ4n) is 3.97. The normalized spacial score (nSPS) is 21.4. The van der Waals surface area contributed by atoms with Crippen molar-refractivity contribution < 1.29 is 19.1 Å². The number of rotatable bonds is 5. The van der Waals surface area contributed by atoms with Crippen LogP contribution >= 0.6 is 11.8 Å². The van der Waals surface area contributed by atoms with Gasteiger partial charge in [-0.1, -0.05) is 12.1 Å². The van der Waals surface area contributed by atoms with E-state index in [-0.39, 0.29) is 37.2 Å². The van der Waals surface area contributed by atoms with Gasteiger partial charge in [0.25, 0.3) is 5.91 Å². The molecule has 0 aromatic heterocycles. The predicted octanol–water partition coefficient (Wildman–Crippen LogP) is 2.71. The first-order valence-electron chi connectivity index (χ1n) is 9.97. The van der Waals surface area contributed by atoms with Gasteiger partial charge in [-0.15, -0.1) is 11.8 Å². The van der Waals surface area contributed by atoms with Gasteiger partial charge in [-0.25, -0.2) is 5.43 Å². The molecule has 5 rings (SSSR count). The van der Waals surface area contributed by atoms with E-state index in [1.54, 1.807) is 24.2 Å². The van der Waals surface area contributed by atoms with Crippen molar-refractivity contribution in [3.8, 4) is 11.5 Å². The molecule has 1 saturated heterocycles. The maximum Gasteiger partial charge on any atom is 0.251 e. The maximum absolute atomic E-state index is 13.0. The largest absolute Gasteiger partial charge is 0.454 e. The molecule has 3 aliphatic heterocycles. The van der Waals surface area contributed by atoms with Crippen molar-refractivity contribution in [2.24, 2.45) is 0 Å². The summed E-state index contributed by atoms with van der Waals surface area (Å²) in [6, 6.07) is 13.0. The minimum atomic E-state index is -0.368. The standard InChI is InChI=1S/C22H22N4O4S/c1-31-16-4-2-3-15(10-16)23-21(27)12-25-7-8-26-18(22(25)28)11-17(24-26)14-5-6-19-20(9-14)30-13-29-19/h2-10,17-18,24H,11-13H2,1H3,(H,23,27). The molecule has 2 N–H and O–H groups in total. The average Bonchev–Trinajstić information content (AvgIpc) is 3.42. The smallest absolute Gasteiger partial charge is 0.251 e. The molecule has 0 aliphatic carbocycles. The number of anilines is 1. The molecule has 0 saturated carbocycles. The molecule has 2 atom stereocenters. The summed E-state index contributed by atoms with van der Waals surface area (Å²) in [6.07, 6.45) is 6.03. The number of carbonyl (C=O) groups excluding carboxylic acids is 2. The van der Waals surface area contributed by atoms with E-state index in [0.717, 1.165) is 27.6 Å². The van der Waals surface area contributed by atoms with Crippen molar-refractivity contribution >= 4 is 29.3 Å². The SMILES string of the molecule is CSc1cccc(NC(=O)CN2C=CN3NC(c4ccc5c(c4)OCO5)CC3C2=O)c1. The summed E-state index contributed by atoms with van der Waals surface area (Å²) in [7, 11) is 0. The lowest BCUT2D eigenvalue weighted by Crippen LogP contribution is -2.49. The van der Waals surface area contributed by atoms with Crippen LogP contribution in [0.15, 0.2) is 59.8 Å². The second-order valence-corrected chi connectivity index (χ2v) is 8.38. The Kier molecular flexibility index (Phi) is 5.21. The Morgan fingerprint density at radius 3 is 2.94 bits per heavy atom. The Balaban J connectivity index is 1.23. The average molecular weight is 439 g/mol. The van der Waals surface area contributed by atoms with E-state index >= 15 is 0 Å². The van der Waals surface area contributed by atoms with Gasteiger partial charge in [0.15, 0.2) is 11.5 Å². The van der Waals surface area contributed by atoms with E-state index in [1.807, 2.05) is 53.7 Å². The molecule has 160 valence electrons. The number of ether oxygens (including phenoxy) is 2. The zero-order chi connectivity index (χ0) is 21.4. The Morgan fingerprint density at radius 1 is 1.19 bits per heavy atom. The molecule has 2 aromatic rings. The lowest BCUT2D eigenvalue weighted by Gasteiger charge is -2.31. The Hall–Kier alpha value is -3.17. The number of nitrogens with zero attached hydrogens (tertiary/aromatic N) is 2. The monoisotopic (exact) mass is 438 g/mol. The number of nitrogens with one attached hydrogen (secondary N) is 2. The maximum atomic E-state index is 13.0. The highest BCUT2D eigenvalue weighted by atomic mass is 32.2. The first-order chi connectivity index (χ1) is 15.1. The number of hydrogen-bond donors (Lipinski definition) is 2. The number of fused-ring (bicyclic) bond motifs is 2. The summed E-state index contributed by atoms with van der Waals surface area (Å²) in [5.41, 5.74) is 5.10. The number of benzene rings is 2. The molecular formula is C22H22N4O4S. The van der Waals surface area contributed by atoms with Crippen LogP contribution in [0, 0.1) is 0 Å². The highest BCUT2D eigenvalue weighted by Gasteiger charge is 2.40. The Morgan fingerprint density at radius 2 is 2.06 bits per heavy atom. The molecular weight excluding hydrogens is 416 g/mol. The van der Waals surface area contributed by atoms with Crippen LogP contribution in [0.25, 0.3) is 0 Å². The minimum absolute atomic E-state index is 0.0299. The third-order valence-electron chi connectivity index (χ3n) is 5.54. The van der Waals surface area contributed by atoms with Gasteiger partial charge in [0.05, 0.1) is 6.04 Å². The van der Waals surface area contributed by atoms with Crippen molar-refractivity contribution in [1.82, 2.24) is 15.3 Å².